The van der Waals surface area contributed by atoms with Gasteiger partial charge in [0.05, 0.1) is 0 Å². The Balaban J connectivity index is 2.21. The van der Waals surface area contributed by atoms with E-state index in [4.69, 9.17) is 5.11 Å². The van der Waals surface area contributed by atoms with Crippen molar-refractivity contribution in [2.75, 3.05) is 11.9 Å². The molecule has 0 saturated carbocycles. The molecule has 0 radical (unpaired) electrons. The molecule has 1 N–H and O–H groups in total. The van der Waals surface area contributed by atoms with Gasteiger partial charge in [-0.05, 0) is 35.4 Å². The minimum Gasteiger partial charge on any atom is -0.478 e. The van der Waals surface area contributed by atoms with Gasteiger partial charge in [0.15, 0.2) is 0 Å². The summed E-state index contributed by atoms with van der Waals surface area (Å²) in [5.41, 5.74) is 3.02. The molecule has 1 aromatic carbocycles. The van der Waals surface area contributed by atoms with Crippen molar-refractivity contribution in [3.63, 3.8) is 0 Å². The molecule has 0 atom stereocenters. The number of carboxylic acid groups (broad SMARTS) is 1. The lowest BCUT2D eigenvalue weighted by molar-refractivity contribution is -0.131. The quantitative estimate of drug-likeness (QED) is 0.847. The third-order valence-corrected chi connectivity index (χ3v) is 2.92. The van der Waals surface area contributed by atoms with Gasteiger partial charge in [0.1, 0.15) is 0 Å². The highest BCUT2D eigenvalue weighted by Crippen LogP contribution is 2.22. The predicted octanol–water partition coefficient (Wildman–Crippen LogP) is 2.82. The number of aliphatic carboxylic acids is 1. The second-order valence-corrected chi connectivity index (χ2v) is 4.44. The van der Waals surface area contributed by atoms with Crippen LogP contribution in [-0.4, -0.2) is 23.1 Å². The molecule has 0 aliphatic carbocycles. The van der Waals surface area contributed by atoms with Gasteiger partial charge in [-0.25, -0.2) is 4.79 Å². The van der Waals surface area contributed by atoms with Crippen molar-refractivity contribution in [3.8, 4) is 0 Å². The number of pyridine rings is 1. The second-order valence-electron chi connectivity index (χ2n) is 4.44. The summed E-state index contributed by atoms with van der Waals surface area (Å²) in [6, 6.07) is 11.6. The Kier molecular flexibility index (Phi) is 4.50. The third kappa shape index (κ3) is 3.68. The molecular formula is C16H16N2O2. The molecule has 0 saturated heterocycles. The first kappa shape index (κ1) is 13.8. The lowest BCUT2D eigenvalue weighted by atomic mass is 10.1. The molecule has 0 aliphatic heterocycles. The molecule has 1 heterocycles. The van der Waals surface area contributed by atoms with E-state index >= 15 is 0 Å². The van der Waals surface area contributed by atoms with E-state index in [1.165, 1.54) is 0 Å². The number of aromatic nitrogens is 1. The van der Waals surface area contributed by atoms with E-state index < -0.39 is 5.97 Å². The molecule has 20 heavy (non-hydrogen) atoms. The van der Waals surface area contributed by atoms with Crippen LogP contribution in [0, 0.1) is 0 Å². The number of para-hydroxylation sites is 1. The van der Waals surface area contributed by atoms with Gasteiger partial charge in [-0.3, -0.25) is 4.98 Å². The number of benzene rings is 1. The topological polar surface area (TPSA) is 53.4 Å². The van der Waals surface area contributed by atoms with Gasteiger partial charge in [0.2, 0.25) is 0 Å². The fourth-order valence-corrected chi connectivity index (χ4v) is 1.98. The Bertz CT molecular complexity index is 609. The summed E-state index contributed by atoms with van der Waals surface area (Å²) in [6.07, 6.45) is 6.29. The molecule has 2 rings (SSSR count). The van der Waals surface area contributed by atoms with Crippen LogP contribution in [0.15, 0.2) is 54.9 Å². The van der Waals surface area contributed by atoms with E-state index in [0.29, 0.717) is 0 Å². The summed E-state index contributed by atoms with van der Waals surface area (Å²) >= 11 is 0. The zero-order valence-electron chi connectivity index (χ0n) is 11.2. The van der Waals surface area contributed by atoms with E-state index in [0.717, 1.165) is 29.4 Å². The number of nitrogens with zero attached hydrogens (tertiary/aromatic N) is 2. The van der Waals surface area contributed by atoms with Gasteiger partial charge in [-0.15, -0.1) is 0 Å². The lowest BCUT2D eigenvalue weighted by Gasteiger charge is -2.21. The highest BCUT2D eigenvalue weighted by atomic mass is 16.4. The van der Waals surface area contributed by atoms with Crippen LogP contribution in [0.4, 0.5) is 5.69 Å². The van der Waals surface area contributed by atoms with Gasteiger partial charge in [-0.2, -0.15) is 0 Å². The second kappa shape index (κ2) is 6.52. The summed E-state index contributed by atoms with van der Waals surface area (Å²) < 4.78 is 0. The lowest BCUT2D eigenvalue weighted by Crippen LogP contribution is -2.17. The first-order valence-corrected chi connectivity index (χ1v) is 6.27. The van der Waals surface area contributed by atoms with Crippen LogP contribution in [0.2, 0.25) is 0 Å². The molecule has 102 valence electrons. The van der Waals surface area contributed by atoms with Crippen molar-refractivity contribution in [1.29, 1.82) is 0 Å². The van der Waals surface area contributed by atoms with Crippen LogP contribution < -0.4 is 4.90 Å². The molecule has 2 aromatic rings. The Morgan fingerprint density at radius 2 is 1.95 bits per heavy atom. The maximum Gasteiger partial charge on any atom is 0.328 e. The molecule has 1 aromatic heterocycles. The summed E-state index contributed by atoms with van der Waals surface area (Å²) in [7, 11) is 1.98. The highest BCUT2D eigenvalue weighted by molar-refractivity contribution is 5.86. The van der Waals surface area contributed by atoms with Gasteiger partial charge in [0.25, 0.3) is 0 Å². The smallest absolute Gasteiger partial charge is 0.328 e. The minimum absolute atomic E-state index is 0.737. The average molecular weight is 268 g/mol. The van der Waals surface area contributed by atoms with Crippen molar-refractivity contribution in [2.24, 2.45) is 0 Å². The largest absolute Gasteiger partial charge is 0.478 e. The summed E-state index contributed by atoms with van der Waals surface area (Å²) in [4.78, 5) is 16.7. The molecule has 4 nitrogen and oxygen atoms in total. The SMILES string of the molecule is CN(Cc1ccncc1)c1ccccc1/C=C/C(=O)O. The van der Waals surface area contributed by atoms with Crippen molar-refractivity contribution < 1.29 is 9.90 Å². The number of carboxylic acids is 1. The van der Waals surface area contributed by atoms with Crippen LogP contribution in [-0.2, 0) is 11.3 Å². The number of hydrogen-bond donors (Lipinski definition) is 1. The molecule has 0 unspecified atom stereocenters. The first-order chi connectivity index (χ1) is 9.66. The minimum atomic E-state index is -0.948. The summed E-state index contributed by atoms with van der Waals surface area (Å²) in [5, 5.41) is 8.73. The Hall–Kier alpha value is -2.62. The molecule has 0 amide bonds. The van der Waals surface area contributed by atoms with Crippen LogP contribution in [0.5, 0.6) is 0 Å². The van der Waals surface area contributed by atoms with Crippen molar-refractivity contribution in [2.45, 2.75) is 6.54 Å². The molecule has 4 heteroatoms. The summed E-state index contributed by atoms with van der Waals surface area (Å²) in [5.74, 6) is -0.948. The maximum absolute atomic E-state index is 10.6. The van der Waals surface area contributed by atoms with Crippen molar-refractivity contribution in [1.82, 2.24) is 4.98 Å². The number of carbonyl (C=O) groups is 1. The third-order valence-electron chi connectivity index (χ3n) is 2.92. The maximum atomic E-state index is 10.6. The highest BCUT2D eigenvalue weighted by Gasteiger charge is 2.06. The summed E-state index contributed by atoms with van der Waals surface area (Å²) in [6.45, 7) is 0.737. The van der Waals surface area contributed by atoms with Crippen molar-refractivity contribution in [3.05, 3.63) is 66.0 Å². The van der Waals surface area contributed by atoms with E-state index in [1.54, 1.807) is 18.5 Å². The average Bonchev–Trinajstić information content (AvgIpc) is 2.46. The van der Waals surface area contributed by atoms with Crippen LogP contribution >= 0.6 is 0 Å². The molecular weight excluding hydrogens is 252 g/mol. The van der Waals surface area contributed by atoms with Gasteiger partial charge < -0.3 is 10.0 Å². The Morgan fingerprint density at radius 3 is 2.65 bits per heavy atom. The zero-order chi connectivity index (χ0) is 14.4. The van der Waals surface area contributed by atoms with Crippen LogP contribution in [0.25, 0.3) is 6.08 Å². The van der Waals surface area contributed by atoms with Crippen LogP contribution in [0.3, 0.4) is 0 Å². The monoisotopic (exact) mass is 268 g/mol. The van der Waals surface area contributed by atoms with Gasteiger partial charge in [0, 0.05) is 37.7 Å². The Morgan fingerprint density at radius 1 is 1.25 bits per heavy atom. The van der Waals surface area contributed by atoms with Gasteiger partial charge in [-0.1, -0.05) is 18.2 Å². The van der Waals surface area contributed by atoms with Gasteiger partial charge >= 0.3 is 5.97 Å². The standard InChI is InChI=1S/C16H16N2O2/c1-18(12-13-8-10-17-11-9-13)15-5-3-2-4-14(15)6-7-16(19)20/h2-11H,12H2,1H3,(H,19,20)/b7-6+. The predicted molar refractivity (Wildman–Crippen MR) is 79.5 cm³/mol. The molecule has 0 fully saturated rings. The molecule has 0 aliphatic rings. The number of hydrogen-bond acceptors (Lipinski definition) is 3. The van der Waals surface area contributed by atoms with Crippen molar-refractivity contribution >= 4 is 17.7 Å². The number of anilines is 1. The Labute approximate surface area is 118 Å². The fraction of sp³-hybridized carbons (Fsp3) is 0.125. The zero-order valence-corrected chi connectivity index (χ0v) is 11.2. The van der Waals surface area contributed by atoms with E-state index in [1.807, 2.05) is 43.4 Å². The molecule has 0 bridgehead atoms. The van der Waals surface area contributed by atoms with E-state index in [9.17, 15) is 4.79 Å². The fourth-order valence-electron chi connectivity index (χ4n) is 1.98. The first-order valence-electron chi connectivity index (χ1n) is 6.27. The number of rotatable bonds is 5. The van der Waals surface area contributed by atoms with Crippen LogP contribution in [0.1, 0.15) is 11.1 Å². The van der Waals surface area contributed by atoms with E-state index in [2.05, 4.69) is 9.88 Å². The van der Waals surface area contributed by atoms with E-state index in [-0.39, 0.29) is 0 Å². The molecule has 0 spiro atoms. The normalized spacial score (nSPS) is 10.7.